The highest BCUT2D eigenvalue weighted by atomic mass is 35.5. The van der Waals surface area contributed by atoms with Crippen LogP contribution in [0.3, 0.4) is 0 Å². The minimum absolute atomic E-state index is 0.230. The van der Waals surface area contributed by atoms with Crippen molar-refractivity contribution in [3.05, 3.63) is 52.8 Å². The Morgan fingerprint density at radius 1 is 1.15 bits per heavy atom. The quantitative estimate of drug-likeness (QED) is 0.861. The molecule has 0 radical (unpaired) electrons. The van der Waals surface area contributed by atoms with Gasteiger partial charge >= 0.3 is 0 Å². The molecule has 0 saturated heterocycles. The average Bonchev–Trinajstić information content (AvgIpc) is 2.75. The van der Waals surface area contributed by atoms with Gasteiger partial charge in [-0.05, 0) is 50.2 Å². The molecule has 108 valence electrons. The smallest absolute Gasteiger partial charge is 0.119 e. The summed E-state index contributed by atoms with van der Waals surface area (Å²) in [5, 5.41) is 10.6. The lowest BCUT2D eigenvalue weighted by atomic mass is 10.3. The van der Waals surface area contributed by atoms with Gasteiger partial charge in [0, 0.05) is 16.4 Å². The second-order valence-corrected chi connectivity index (χ2v) is 5.17. The van der Waals surface area contributed by atoms with E-state index in [-0.39, 0.29) is 6.61 Å². The molecule has 0 aliphatic carbocycles. The van der Waals surface area contributed by atoms with Crippen molar-refractivity contribution in [2.75, 3.05) is 18.6 Å². The van der Waals surface area contributed by atoms with Crippen LogP contribution in [-0.4, -0.2) is 29.0 Å². The molecule has 0 saturated carbocycles. The number of rotatable bonds is 6. The van der Waals surface area contributed by atoms with E-state index in [4.69, 9.17) is 16.3 Å². The van der Waals surface area contributed by atoms with Gasteiger partial charge in [0.2, 0.25) is 0 Å². The topological polar surface area (TPSA) is 46.4 Å². The lowest BCUT2D eigenvalue weighted by molar-refractivity contribution is 0.115. The van der Waals surface area contributed by atoms with Crippen LogP contribution in [0.1, 0.15) is 11.4 Å². The van der Waals surface area contributed by atoms with Gasteiger partial charge in [0.15, 0.2) is 0 Å². The van der Waals surface area contributed by atoms with Crippen LogP contribution >= 0.6 is 11.6 Å². The number of aliphatic hydroxyl groups excluding tert-OH is 1. The zero-order chi connectivity index (χ0) is 14.5. The van der Waals surface area contributed by atoms with E-state index in [0.717, 1.165) is 11.4 Å². The van der Waals surface area contributed by atoms with Gasteiger partial charge in [-0.3, -0.25) is 4.68 Å². The fourth-order valence-corrected chi connectivity index (χ4v) is 2.02. The first-order chi connectivity index (χ1) is 9.56. The Bertz CT molecular complexity index is 532. The standard InChI is InChI=1S/C15H19ClN2O2/c1-11-3-4-12(2)18(11)17-9-14(19)10-20-15-7-5-13(16)6-8-15/h3-8,14,17,19H,9-10H2,1-2H3. The Morgan fingerprint density at radius 3 is 2.35 bits per heavy atom. The first kappa shape index (κ1) is 14.8. The lowest BCUT2D eigenvalue weighted by Crippen LogP contribution is -2.31. The van der Waals surface area contributed by atoms with Gasteiger partial charge in [0.1, 0.15) is 18.5 Å². The van der Waals surface area contributed by atoms with Gasteiger partial charge in [-0.1, -0.05) is 11.6 Å². The van der Waals surface area contributed by atoms with E-state index in [2.05, 4.69) is 5.43 Å². The summed E-state index contributed by atoms with van der Waals surface area (Å²) in [5.74, 6) is 0.696. The Hall–Kier alpha value is -1.65. The number of nitrogens with zero attached hydrogens (tertiary/aromatic N) is 1. The van der Waals surface area contributed by atoms with E-state index in [9.17, 15) is 5.11 Å². The third-order valence-electron chi connectivity index (χ3n) is 3.01. The monoisotopic (exact) mass is 294 g/mol. The normalized spacial score (nSPS) is 12.2. The third kappa shape index (κ3) is 3.92. The van der Waals surface area contributed by atoms with Crippen molar-refractivity contribution < 1.29 is 9.84 Å². The van der Waals surface area contributed by atoms with E-state index < -0.39 is 6.10 Å². The predicted octanol–water partition coefficient (Wildman–Crippen LogP) is 2.74. The molecule has 1 aromatic heterocycles. The summed E-state index contributed by atoms with van der Waals surface area (Å²) in [7, 11) is 0. The van der Waals surface area contributed by atoms with Gasteiger partial charge in [0.25, 0.3) is 0 Å². The Labute approximate surface area is 123 Å². The lowest BCUT2D eigenvalue weighted by Gasteiger charge is -2.17. The summed E-state index contributed by atoms with van der Waals surface area (Å²) < 4.78 is 7.45. The fourth-order valence-electron chi connectivity index (χ4n) is 1.90. The highest BCUT2D eigenvalue weighted by Gasteiger charge is 2.07. The van der Waals surface area contributed by atoms with E-state index in [1.807, 2.05) is 30.7 Å². The molecule has 20 heavy (non-hydrogen) atoms. The van der Waals surface area contributed by atoms with E-state index in [1.54, 1.807) is 24.3 Å². The zero-order valence-electron chi connectivity index (χ0n) is 11.6. The average molecular weight is 295 g/mol. The van der Waals surface area contributed by atoms with Crippen molar-refractivity contribution in [1.29, 1.82) is 0 Å². The minimum Gasteiger partial charge on any atom is -0.491 e. The molecule has 0 bridgehead atoms. The number of benzene rings is 1. The molecular weight excluding hydrogens is 276 g/mol. The van der Waals surface area contributed by atoms with Gasteiger partial charge in [-0.2, -0.15) is 0 Å². The van der Waals surface area contributed by atoms with Gasteiger partial charge < -0.3 is 15.3 Å². The number of hydrogen-bond donors (Lipinski definition) is 2. The molecule has 0 amide bonds. The zero-order valence-corrected chi connectivity index (χ0v) is 12.4. The molecule has 2 aromatic rings. The summed E-state index contributed by atoms with van der Waals surface area (Å²) in [6.07, 6.45) is -0.591. The number of aromatic nitrogens is 1. The van der Waals surface area contributed by atoms with E-state index in [1.165, 1.54) is 0 Å². The Kier molecular flexibility index (Phi) is 4.93. The summed E-state index contributed by atoms with van der Waals surface area (Å²) in [6.45, 7) is 4.67. The summed E-state index contributed by atoms with van der Waals surface area (Å²) in [5.41, 5.74) is 5.38. The SMILES string of the molecule is Cc1ccc(C)n1NCC(O)COc1ccc(Cl)cc1. The molecule has 4 nitrogen and oxygen atoms in total. The van der Waals surface area contributed by atoms with E-state index in [0.29, 0.717) is 17.3 Å². The first-order valence-corrected chi connectivity index (χ1v) is 6.89. The molecule has 0 aliphatic heterocycles. The number of halogens is 1. The molecule has 0 aliphatic rings. The molecule has 2 rings (SSSR count). The molecule has 1 unspecified atom stereocenters. The summed E-state index contributed by atoms with van der Waals surface area (Å²) >= 11 is 5.79. The predicted molar refractivity (Wildman–Crippen MR) is 81.1 cm³/mol. The molecule has 1 atom stereocenters. The van der Waals surface area contributed by atoms with Gasteiger partial charge in [0.05, 0.1) is 6.54 Å². The Balaban J connectivity index is 1.78. The number of ether oxygens (including phenoxy) is 1. The maximum atomic E-state index is 9.92. The number of aryl methyl sites for hydroxylation is 2. The molecule has 0 spiro atoms. The van der Waals surface area contributed by atoms with Crippen LogP contribution < -0.4 is 10.2 Å². The summed E-state index contributed by atoms with van der Waals surface area (Å²) in [4.78, 5) is 0. The van der Waals surface area contributed by atoms with Crippen molar-refractivity contribution >= 4 is 11.6 Å². The van der Waals surface area contributed by atoms with Crippen LogP contribution in [0.15, 0.2) is 36.4 Å². The minimum atomic E-state index is -0.591. The maximum absolute atomic E-state index is 9.92. The van der Waals surface area contributed by atoms with Crippen LogP contribution in [0.5, 0.6) is 5.75 Å². The molecule has 1 aromatic carbocycles. The number of nitrogens with one attached hydrogen (secondary N) is 1. The van der Waals surface area contributed by atoms with Crippen molar-refractivity contribution in [3.63, 3.8) is 0 Å². The highest BCUT2D eigenvalue weighted by Crippen LogP contribution is 2.15. The van der Waals surface area contributed by atoms with Crippen molar-refractivity contribution in [1.82, 2.24) is 4.68 Å². The van der Waals surface area contributed by atoms with Crippen LogP contribution in [0.25, 0.3) is 0 Å². The second-order valence-electron chi connectivity index (χ2n) is 4.73. The van der Waals surface area contributed by atoms with Gasteiger partial charge in [-0.15, -0.1) is 0 Å². The van der Waals surface area contributed by atoms with Gasteiger partial charge in [-0.25, -0.2) is 0 Å². The van der Waals surface area contributed by atoms with Crippen molar-refractivity contribution in [2.45, 2.75) is 20.0 Å². The Morgan fingerprint density at radius 2 is 1.75 bits per heavy atom. The van der Waals surface area contributed by atoms with Crippen LogP contribution in [0.2, 0.25) is 5.02 Å². The first-order valence-electron chi connectivity index (χ1n) is 6.51. The molecule has 5 heteroatoms. The molecule has 0 fully saturated rings. The molecule has 2 N–H and O–H groups in total. The molecular formula is C15H19ClN2O2. The summed E-state index contributed by atoms with van der Waals surface area (Å²) in [6, 6.07) is 11.1. The fraction of sp³-hybridized carbons (Fsp3) is 0.333. The highest BCUT2D eigenvalue weighted by molar-refractivity contribution is 6.30. The molecule has 1 heterocycles. The van der Waals surface area contributed by atoms with Crippen molar-refractivity contribution in [2.24, 2.45) is 0 Å². The van der Waals surface area contributed by atoms with Crippen molar-refractivity contribution in [3.8, 4) is 5.75 Å². The van der Waals surface area contributed by atoms with Crippen LogP contribution in [0.4, 0.5) is 0 Å². The van der Waals surface area contributed by atoms with Crippen LogP contribution in [-0.2, 0) is 0 Å². The second kappa shape index (κ2) is 6.68. The third-order valence-corrected chi connectivity index (χ3v) is 3.26. The number of hydrogen-bond acceptors (Lipinski definition) is 3. The van der Waals surface area contributed by atoms with Crippen LogP contribution in [0, 0.1) is 13.8 Å². The van der Waals surface area contributed by atoms with E-state index >= 15 is 0 Å². The largest absolute Gasteiger partial charge is 0.491 e. The maximum Gasteiger partial charge on any atom is 0.119 e. The number of aliphatic hydroxyl groups is 1.